The molecule has 0 aromatic rings. The van der Waals surface area contributed by atoms with E-state index in [0.29, 0.717) is 12.8 Å². The molecule has 0 aromatic carbocycles. The maximum absolute atomic E-state index is 9.60. The zero-order valence-electron chi connectivity index (χ0n) is 18.6. The SMILES string of the molecule is CCCC(=O)O.CCCCCCCCCCCCCCCCC(O)C(O)CO. The molecule has 0 fully saturated rings. The smallest absolute Gasteiger partial charge is 0.303 e. The van der Waals surface area contributed by atoms with Crippen LogP contribution in [0.1, 0.15) is 123 Å². The number of aliphatic carboxylic acids is 1. The summed E-state index contributed by atoms with van der Waals surface area (Å²) < 4.78 is 0. The molecule has 0 aliphatic carbocycles. The van der Waals surface area contributed by atoms with Crippen LogP contribution in [0.25, 0.3) is 0 Å². The van der Waals surface area contributed by atoms with Gasteiger partial charge in [-0.3, -0.25) is 4.79 Å². The van der Waals surface area contributed by atoms with Crippen molar-refractivity contribution in [3.63, 3.8) is 0 Å². The predicted molar refractivity (Wildman–Crippen MR) is 117 cm³/mol. The fraction of sp³-hybridized carbons (Fsp3) is 0.957. The number of hydrogen-bond acceptors (Lipinski definition) is 4. The third kappa shape index (κ3) is 25.4. The van der Waals surface area contributed by atoms with Crippen molar-refractivity contribution in [3.8, 4) is 0 Å². The first-order valence-corrected chi connectivity index (χ1v) is 11.7. The normalized spacial score (nSPS) is 12.9. The van der Waals surface area contributed by atoms with E-state index in [9.17, 15) is 15.0 Å². The summed E-state index contributed by atoms with van der Waals surface area (Å²) in [5.41, 5.74) is 0. The van der Waals surface area contributed by atoms with Gasteiger partial charge in [-0.15, -0.1) is 0 Å². The minimum Gasteiger partial charge on any atom is -0.481 e. The van der Waals surface area contributed by atoms with Gasteiger partial charge >= 0.3 is 5.97 Å². The minimum atomic E-state index is -0.970. The highest BCUT2D eigenvalue weighted by atomic mass is 16.4. The lowest BCUT2D eigenvalue weighted by Gasteiger charge is -2.14. The number of carboxylic acids is 1. The van der Waals surface area contributed by atoms with Gasteiger partial charge in [-0.25, -0.2) is 0 Å². The van der Waals surface area contributed by atoms with E-state index in [4.69, 9.17) is 10.2 Å². The molecule has 28 heavy (non-hydrogen) atoms. The van der Waals surface area contributed by atoms with Gasteiger partial charge in [0.25, 0.3) is 0 Å². The fourth-order valence-corrected chi connectivity index (χ4v) is 3.08. The summed E-state index contributed by atoms with van der Waals surface area (Å²) in [6, 6.07) is 0. The van der Waals surface area contributed by atoms with Crippen LogP contribution in [0.15, 0.2) is 0 Å². The Labute approximate surface area is 173 Å². The molecule has 0 rings (SSSR count). The van der Waals surface area contributed by atoms with Gasteiger partial charge in [-0.05, 0) is 12.8 Å². The lowest BCUT2D eigenvalue weighted by Crippen LogP contribution is -2.28. The van der Waals surface area contributed by atoms with Gasteiger partial charge in [0.15, 0.2) is 0 Å². The average Bonchev–Trinajstić information content (AvgIpc) is 2.67. The molecule has 0 spiro atoms. The maximum Gasteiger partial charge on any atom is 0.303 e. The first-order chi connectivity index (χ1) is 13.5. The van der Waals surface area contributed by atoms with Crippen LogP contribution in [0.5, 0.6) is 0 Å². The summed E-state index contributed by atoms with van der Waals surface area (Å²) in [5, 5.41) is 35.4. The van der Waals surface area contributed by atoms with Crippen molar-refractivity contribution in [2.75, 3.05) is 6.61 Å². The maximum atomic E-state index is 9.60. The van der Waals surface area contributed by atoms with Gasteiger partial charge < -0.3 is 20.4 Å². The summed E-state index contributed by atoms with van der Waals surface area (Å²) in [4.78, 5) is 9.60. The number of aliphatic hydroxyl groups excluding tert-OH is 3. The van der Waals surface area contributed by atoms with E-state index >= 15 is 0 Å². The predicted octanol–water partition coefficient (Wildman–Crippen LogP) is 5.44. The second-order valence-corrected chi connectivity index (χ2v) is 7.85. The van der Waals surface area contributed by atoms with Crippen LogP contribution in [-0.2, 0) is 4.79 Å². The Morgan fingerprint density at radius 2 is 1.04 bits per heavy atom. The molecule has 5 nitrogen and oxygen atoms in total. The first-order valence-electron chi connectivity index (χ1n) is 11.7. The van der Waals surface area contributed by atoms with Gasteiger partial charge in [-0.1, -0.05) is 104 Å². The van der Waals surface area contributed by atoms with E-state index in [1.807, 2.05) is 6.92 Å². The van der Waals surface area contributed by atoms with Gasteiger partial charge in [0.05, 0.1) is 12.7 Å². The van der Waals surface area contributed by atoms with E-state index in [-0.39, 0.29) is 6.61 Å². The van der Waals surface area contributed by atoms with Crippen LogP contribution in [0.3, 0.4) is 0 Å². The number of carbonyl (C=O) groups is 1. The second-order valence-electron chi connectivity index (χ2n) is 7.85. The van der Waals surface area contributed by atoms with Gasteiger partial charge in [0, 0.05) is 6.42 Å². The molecule has 4 N–H and O–H groups in total. The summed E-state index contributed by atoms with van der Waals surface area (Å²) in [5.74, 6) is -0.711. The molecule has 170 valence electrons. The number of unbranched alkanes of at least 4 members (excludes halogenated alkanes) is 13. The molecule has 2 atom stereocenters. The summed E-state index contributed by atoms with van der Waals surface area (Å²) in [6.07, 6.45) is 18.3. The first kappa shape index (κ1) is 29.6. The Kier molecular flexibility index (Phi) is 25.7. The van der Waals surface area contributed by atoms with Gasteiger partial charge in [0.1, 0.15) is 6.10 Å². The zero-order chi connectivity index (χ0) is 21.5. The molecule has 5 heteroatoms. The molecular formula is C23H48O5. The van der Waals surface area contributed by atoms with Crippen molar-refractivity contribution >= 4 is 5.97 Å². The fourth-order valence-electron chi connectivity index (χ4n) is 3.08. The third-order valence-corrected chi connectivity index (χ3v) is 4.95. The topological polar surface area (TPSA) is 98.0 Å². The monoisotopic (exact) mass is 404 g/mol. The molecule has 0 saturated carbocycles. The van der Waals surface area contributed by atoms with Crippen LogP contribution < -0.4 is 0 Å². The average molecular weight is 405 g/mol. The number of hydrogen-bond donors (Lipinski definition) is 4. The Morgan fingerprint density at radius 3 is 1.32 bits per heavy atom. The van der Waals surface area contributed by atoms with E-state index < -0.39 is 18.2 Å². The van der Waals surface area contributed by atoms with Crippen molar-refractivity contribution in [1.29, 1.82) is 0 Å². The lowest BCUT2D eigenvalue weighted by atomic mass is 10.0. The van der Waals surface area contributed by atoms with Gasteiger partial charge in [0.2, 0.25) is 0 Å². The minimum absolute atomic E-state index is 0.292. The number of aliphatic hydroxyl groups is 3. The molecule has 2 unspecified atom stereocenters. The highest BCUT2D eigenvalue weighted by Crippen LogP contribution is 2.14. The molecular weight excluding hydrogens is 356 g/mol. The van der Waals surface area contributed by atoms with E-state index in [1.54, 1.807) is 0 Å². The summed E-state index contributed by atoms with van der Waals surface area (Å²) in [6.45, 7) is 3.76. The number of rotatable bonds is 19. The standard InChI is InChI=1S/C19H40O3.C4H8O2/c1-2-3-4-5-6-7-8-9-10-11-12-13-14-15-16-18(21)19(22)17-20;1-2-3-4(5)6/h18-22H,2-17H2,1H3;2-3H2,1H3,(H,5,6). The van der Waals surface area contributed by atoms with E-state index in [1.165, 1.54) is 77.0 Å². The Morgan fingerprint density at radius 1 is 0.643 bits per heavy atom. The van der Waals surface area contributed by atoms with Crippen molar-refractivity contribution in [3.05, 3.63) is 0 Å². The van der Waals surface area contributed by atoms with Crippen LogP contribution >= 0.6 is 0 Å². The van der Waals surface area contributed by atoms with Crippen LogP contribution in [0, 0.1) is 0 Å². The highest BCUT2D eigenvalue weighted by molar-refractivity contribution is 5.66. The van der Waals surface area contributed by atoms with E-state index in [0.717, 1.165) is 19.3 Å². The summed E-state index contributed by atoms with van der Waals surface area (Å²) in [7, 11) is 0. The van der Waals surface area contributed by atoms with Crippen molar-refractivity contribution in [2.24, 2.45) is 0 Å². The van der Waals surface area contributed by atoms with Crippen molar-refractivity contribution in [1.82, 2.24) is 0 Å². The molecule has 0 saturated heterocycles. The molecule has 0 radical (unpaired) electrons. The molecule has 0 amide bonds. The second kappa shape index (κ2) is 24.4. The van der Waals surface area contributed by atoms with Crippen molar-refractivity contribution in [2.45, 2.75) is 135 Å². The van der Waals surface area contributed by atoms with Crippen LogP contribution in [-0.4, -0.2) is 45.2 Å². The zero-order valence-corrected chi connectivity index (χ0v) is 18.6. The molecule has 0 heterocycles. The molecule has 0 aromatic heterocycles. The number of carboxylic acid groups (broad SMARTS) is 1. The quantitative estimate of drug-likeness (QED) is 0.215. The molecule has 0 bridgehead atoms. The largest absolute Gasteiger partial charge is 0.481 e. The van der Waals surface area contributed by atoms with Crippen molar-refractivity contribution < 1.29 is 25.2 Å². The summed E-state index contributed by atoms with van der Waals surface area (Å²) >= 11 is 0. The van der Waals surface area contributed by atoms with Crippen LogP contribution in [0.2, 0.25) is 0 Å². The van der Waals surface area contributed by atoms with Gasteiger partial charge in [-0.2, -0.15) is 0 Å². The third-order valence-electron chi connectivity index (χ3n) is 4.95. The Balaban J connectivity index is 0. The van der Waals surface area contributed by atoms with Crippen LogP contribution in [0.4, 0.5) is 0 Å². The van der Waals surface area contributed by atoms with E-state index in [2.05, 4.69) is 6.92 Å². The Hall–Kier alpha value is -0.650. The molecule has 0 aliphatic heterocycles. The Bertz CT molecular complexity index is 309. The highest BCUT2D eigenvalue weighted by Gasteiger charge is 2.13. The molecule has 0 aliphatic rings. The lowest BCUT2D eigenvalue weighted by molar-refractivity contribution is -0.137.